The molecule has 9 heteroatoms. The SMILES string of the molecule is COc1ccc(-n2nnc3c(=O)n(Cc4cccc(F)c4)cnc32)cc1OC. The molecule has 2 aromatic carbocycles. The van der Waals surface area contributed by atoms with E-state index in [-0.39, 0.29) is 23.4 Å². The van der Waals surface area contributed by atoms with E-state index in [1.165, 1.54) is 34.8 Å². The Labute approximate surface area is 158 Å². The van der Waals surface area contributed by atoms with Crippen LogP contribution in [-0.2, 0) is 6.54 Å². The Morgan fingerprint density at radius 1 is 1.07 bits per heavy atom. The van der Waals surface area contributed by atoms with Crippen LogP contribution in [-0.4, -0.2) is 38.8 Å². The van der Waals surface area contributed by atoms with Crippen molar-refractivity contribution in [2.45, 2.75) is 6.54 Å². The van der Waals surface area contributed by atoms with Crippen molar-refractivity contribution in [3.05, 3.63) is 70.5 Å². The summed E-state index contributed by atoms with van der Waals surface area (Å²) in [6, 6.07) is 11.3. The van der Waals surface area contributed by atoms with Gasteiger partial charge in [0.2, 0.25) is 0 Å². The first-order valence-electron chi connectivity index (χ1n) is 8.38. The van der Waals surface area contributed by atoms with Crippen molar-refractivity contribution in [2.24, 2.45) is 0 Å². The molecule has 0 saturated heterocycles. The average molecular weight is 381 g/mol. The van der Waals surface area contributed by atoms with E-state index < -0.39 is 0 Å². The summed E-state index contributed by atoms with van der Waals surface area (Å²) in [6.07, 6.45) is 1.40. The molecule has 4 aromatic rings. The minimum absolute atomic E-state index is 0.119. The number of fused-ring (bicyclic) bond motifs is 1. The fraction of sp³-hybridized carbons (Fsp3) is 0.158. The van der Waals surface area contributed by atoms with E-state index in [1.807, 2.05) is 0 Å². The topological polar surface area (TPSA) is 84.1 Å². The number of rotatable bonds is 5. The highest BCUT2D eigenvalue weighted by molar-refractivity contribution is 5.70. The van der Waals surface area contributed by atoms with Gasteiger partial charge in [-0.05, 0) is 29.8 Å². The van der Waals surface area contributed by atoms with Crippen LogP contribution in [0.3, 0.4) is 0 Å². The molecule has 0 bridgehead atoms. The Bertz CT molecular complexity index is 1220. The number of halogens is 1. The fourth-order valence-electron chi connectivity index (χ4n) is 2.92. The van der Waals surface area contributed by atoms with E-state index >= 15 is 0 Å². The van der Waals surface area contributed by atoms with Crippen LogP contribution in [0, 0.1) is 5.82 Å². The van der Waals surface area contributed by atoms with E-state index in [0.717, 1.165) is 0 Å². The van der Waals surface area contributed by atoms with Crippen molar-refractivity contribution < 1.29 is 13.9 Å². The molecule has 0 aliphatic carbocycles. The van der Waals surface area contributed by atoms with E-state index in [9.17, 15) is 9.18 Å². The summed E-state index contributed by atoms with van der Waals surface area (Å²) in [4.78, 5) is 17.1. The number of hydrogen-bond donors (Lipinski definition) is 0. The van der Waals surface area contributed by atoms with Gasteiger partial charge in [0.1, 0.15) is 12.1 Å². The molecule has 0 radical (unpaired) electrons. The van der Waals surface area contributed by atoms with Gasteiger partial charge < -0.3 is 9.47 Å². The van der Waals surface area contributed by atoms with Crippen molar-refractivity contribution in [1.29, 1.82) is 0 Å². The number of ether oxygens (including phenoxy) is 2. The Morgan fingerprint density at radius 3 is 2.64 bits per heavy atom. The lowest BCUT2D eigenvalue weighted by Gasteiger charge is -2.09. The van der Waals surface area contributed by atoms with Crippen molar-refractivity contribution >= 4 is 11.2 Å². The largest absolute Gasteiger partial charge is 0.493 e. The predicted molar refractivity (Wildman–Crippen MR) is 99.5 cm³/mol. The van der Waals surface area contributed by atoms with Crippen molar-refractivity contribution in [3.8, 4) is 17.2 Å². The van der Waals surface area contributed by atoms with Crippen LogP contribution in [0.15, 0.2) is 53.6 Å². The van der Waals surface area contributed by atoms with E-state index in [4.69, 9.17) is 9.47 Å². The van der Waals surface area contributed by atoms with E-state index in [1.54, 1.807) is 37.4 Å². The maximum atomic E-state index is 13.4. The second kappa shape index (κ2) is 7.10. The number of nitrogens with zero attached hydrogens (tertiary/aromatic N) is 5. The molecule has 0 aliphatic rings. The summed E-state index contributed by atoms with van der Waals surface area (Å²) in [5.41, 5.74) is 1.34. The lowest BCUT2D eigenvalue weighted by molar-refractivity contribution is 0.355. The quantitative estimate of drug-likeness (QED) is 0.527. The van der Waals surface area contributed by atoms with Crippen LogP contribution in [0.5, 0.6) is 11.5 Å². The second-order valence-corrected chi connectivity index (χ2v) is 6.02. The highest BCUT2D eigenvalue weighted by Gasteiger charge is 2.15. The normalized spacial score (nSPS) is 11.0. The maximum absolute atomic E-state index is 13.4. The van der Waals surface area contributed by atoms with E-state index in [2.05, 4.69) is 15.3 Å². The maximum Gasteiger partial charge on any atom is 0.283 e. The molecule has 0 amide bonds. The van der Waals surface area contributed by atoms with Crippen molar-refractivity contribution in [2.75, 3.05) is 14.2 Å². The fourth-order valence-corrected chi connectivity index (χ4v) is 2.92. The van der Waals surface area contributed by atoms with Crippen LogP contribution in [0.1, 0.15) is 5.56 Å². The lowest BCUT2D eigenvalue weighted by atomic mass is 10.2. The molecule has 142 valence electrons. The number of benzene rings is 2. The number of hydrogen-bond acceptors (Lipinski definition) is 6. The first kappa shape index (κ1) is 17.7. The predicted octanol–water partition coefficient (Wildman–Crippen LogP) is 2.18. The van der Waals surface area contributed by atoms with Gasteiger partial charge in [-0.25, -0.2) is 9.37 Å². The number of methoxy groups -OCH3 is 2. The monoisotopic (exact) mass is 381 g/mol. The summed E-state index contributed by atoms with van der Waals surface area (Å²) in [7, 11) is 3.08. The molecule has 0 unspecified atom stereocenters. The molecule has 0 atom stereocenters. The first-order chi connectivity index (χ1) is 13.6. The van der Waals surface area contributed by atoms with Gasteiger partial charge in [-0.2, -0.15) is 4.68 Å². The molecule has 0 saturated carbocycles. The van der Waals surface area contributed by atoms with Crippen LogP contribution < -0.4 is 15.0 Å². The number of aromatic nitrogens is 5. The highest BCUT2D eigenvalue weighted by atomic mass is 19.1. The average Bonchev–Trinajstić information content (AvgIpc) is 3.14. The molecule has 2 heterocycles. The molecule has 0 N–H and O–H groups in total. The zero-order valence-corrected chi connectivity index (χ0v) is 15.2. The third-order valence-corrected chi connectivity index (χ3v) is 4.28. The summed E-state index contributed by atoms with van der Waals surface area (Å²) >= 11 is 0. The zero-order chi connectivity index (χ0) is 19.7. The molecule has 0 aliphatic heterocycles. The minimum atomic E-state index is -0.362. The molecular formula is C19H16FN5O3. The van der Waals surface area contributed by atoms with Crippen molar-refractivity contribution in [1.82, 2.24) is 24.5 Å². The second-order valence-electron chi connectivity index (χ2n) is 6.02. The third-order valence-electron chi connectivity index (χ3n) is 4.28. The minimum Gasteiger partial charge on any atom is -0.493 e. The molecule has 0 fully saturated rings. The van der Waals surface area contributed by atoms with Gasteiger partial charge in [-0.15, -0.1) is 5.10 Å². The Balaban J connectivity index is 1.76. The molecule has 4 rings (SSSR count). The van der Waals surface area contributed by atoms with E-state index in [0.29, 0.717) is 28.4 Å². The van der Waals surface area contributed by atoms with Crippen LogP contribution in [0.2, 0.25) is 0 Å². The molecule has 0 spiro atoms. The lowest BCUT2D eigenvalue weighted by Crippen LogP contribution is -2.21. The standard InChI is InChI=1S/C19H16FN5O3/c1-27-15-7-6-14(9-16(15)28-2)25-18-17(22-23-25)19(26)24(11-21-18)10-12-4-3-5-13(20)8-12/h3-9,11H,10H2,1-2H3. The van der Waals surface area contributed by atoms with Crippen molar-refractivity contribution in [3.63, 3.8) is 0 Å². The van der Waals surface area contributed by atoms with Gasteiger partial charge in [-0.3, -0.25) is 9.36 Å². The van der Waals surface area contributed by atoms with Gasteiger partial charge in [0.25, 0.3) is 5.56 Å². The summed E-state index contributed by atoms with van der Waals surface area (Å²) in [5, 5.41) is 8.04. The Morgan fingerprint density at radius 2 is 1.89 bits per heavy atom. The van der Waals surface area contributed by atoms with Gasteiger partial charge in [0.05, 0.1) is 26.5 Å². The zero-order valence-electron chi connectivity index (χ0n) is 15.2. The highest BCUT2D eigenvalue weighted by Crippen LogP contribution is 2.29. The third kappa shape index (κ3) is 3.07. The smallest absolute Gasteiger partial charge is 0.283 e. The van der Waals surface area contributed by atoms with Gasteiger partial charge >= 0.3 is 0 Å². The Hall–Kier alpha value is -3.75. The van der Waals surface area contributed by atoms with Crippen LogP contribution >= 0.6 is 0 Å². The van der Waals surface area contributed by atoms with Crippen LogP contribution in [0.4, 0.5) is 4.39 Å². The molecule has 8 nitrogen and oxygen atoms in total. The van der Waals surface area contributed by atoms with Gasteiger partial charge in [-0.1, -0.05) is 17.3 Å². The molecular weight excluding hydrogens is 365 g/mol. The molecule has 2 aromatic heterocycles. The summed E-state index contributed by atoms with van der Waals surface area (Å²) in [5.74, 6) is 0.725. The van der Waals surface area contributed by atoms with Gasteiger partial charge in [0.15, 0.2) is 22.7 Å². The Kier molecular flexibility index (Phi) is 4.48. The first-order valence-corrected chi connectivity index (χ1v) is 8.38. The van der Waals surface area contributed by atoms with Gasteiger partial charge in [0, 0.05) is 6.07 Å². The molecule has 28 heavy (non-hydrogen) atoms. The summed E-state index contributed by atoms with van der Waals surface area (Å²) in [6.45, 7) is 0.183. The van der Waals surface area contributed by atoms with Crippen LogP contribution in [0.25, 0.3) is 16.9 Å². The summed E-state index contributed by atoms with van der Waals surface area (Å²) < 4.78 is 26.7.